The molecule has 4 nitrogen and oxygen atoms in total. The van der Waals surface area contributed by atoms with Crippen molar-refractivity contribution >= 4 is 0 Å². The second-order valence-electron chi connectivity index (χ2n) is 13.8. The van der Waals surface area contributed by atoms with Crippen molar-refractivity contribution < 1.29 is 20.4 Å². The van der Waals surface area contributed by atoms with Gasteiger partial charge >= 0.3 is 0 Å². The maximum Gasteiger partial charge on any atom is 0.123 e. The monoisotopic (exact) mass is 550 g/mol. The van der Waals surface area contributed by atoms with E-state index in [9.17, 15) is 20.4 Å². The highest BCUT2D eigenvalue weighted by Gasteiger charge is 2.37. The maximum atomic E-state index is 12.0. The van der Waals surface area contributed by atoms with Gasteiger partial charge in [0.25, 0.3) is 0 Å². The molecule has 0 atom stereocenters. The van der Waals surface area contributed by atoms with Gasteiger partial charge in [-0.3, -0.25) is 0 Å². The minimum absolute atomic E-state index is 0.0699. The molecule has 40 heavy (non-hydrogen) atoms. The second kappa shape index (κ2) is 13.3. The standard InChI is InChI=1S/C36H54O4/c1-25(2)32(28-21-26(13-11-19-37)23-30(33(28)39)35(3)15-7-5-8-16-35)29-22-27(14-12-20-38)24-31(34(29)40)36(4)17-9-6-10-18-36/h21-25,32,37-40H,5-20H2,1-4H3. The number of aromatic hydroxyl groups is 2. The number of rotatable bonds is 11. The molecule has 4 rings (SSSR count). The van der Waals surface area contributed by atoms with Crippen molar-refractivity contribution in [1.82, 2.24) is 0 Å². The van der Waals surface area contributed by atoms with Gasteiger partial charge in [0.1, 0.15) is 11.5 Å². The van der Waals surface area contributed by atoms with Crippen LogP contribution in [0, 0.1) is 5.92 Å². The van der Waals surface area contributed by atoms with Crippen LogP contribution in [0.1, 0.15) is 144 Å². The van der Waals surface area contributed by atoms with Gasteiger partial charge in [0, 0.05) is 41.4 Å². The maximum absolute atomic E-state index is 12.0. The van der Waals surface area contributed by atoms with Crippen LogP contribution in [0.3, 0.4) is 0 Å². The summed E-state index contributed by atoms with van der Waals surface area (Å²) in [5.41, 5.74) is 6.06. The van der Waals surface area contributed by atoms with Gasteiger partial charge in [-0.25, -0.2) is 0 Å². The lowest BCUT2D eigenvalue weighted by atomic mass is 9.67. The fraction of sp³-hybridized carbons (Fsp3) is 0.667. The van der Waals surface area contributed by atoms with Crippen LogP contribution in [0.15, 0.2) is 24.3 Å². The normalized spacial score (nSPS) is 18.9. The molecule has 0 bridgehead atoms. The van der Waals surface area contributed by atoms with E-state index in [0.29, 0.717) is 24.3 Å². The molecule has 0 spiro atoms. The van der Waals surface area contributed by atoms with E-state index in [1.54, 1.807) is 0 Å². The largest absolute Gasteiger partial charge is 0.507 e. The first-order valence-corrected chi connectivity index (χ1v) is 16.1. The van der Waals surface area contributed by atoms with Crippen LogP contribution < -0.4 is 0 Å². The quantitative estimate of drug-likeness (QED) is 0.227. The smallest absolute Gasteiger partial charge is 0.123 e. The lowest BCUT2D eigenvalue weighted by molar-refractivity contribution is 0.288. The summed E-state index contributed by atoms with van der Waals surface area (Å²) in [6.07, 6.45) is 14.4. The van der Waals surface area contributed by atoms with Gasteiger partial charge in [-0.05, 0) is 79.2 Å². The van der Waals surface area contributed by atoms with E-state index < -0.39 is 0 Å². The van der Waals surface area contributed by atoms with E-state index in [4.69, 9.17) is 0 Å². The molecule has 2 saturated carbocycles. The molecule has 0 aromatic heterocycles. The van der Waals surface area contributed by atoms with Crippen molar-refractivity contribution in [3.8, 4) is 11.5 Å². The number of hydrogen-bond donors (Lipinski definition) is 4. The molecule has 4 N–H and O–H groups in total. The number of benzene rings is 2. The topological polar surface area (TPSA) is 80.9 Å². The first-order chi connectivity index (χ1) is 19.1. The lowest BCUT2D eigenvalue weighted by Gasteiger charge is -2.38. The molecule has 2 fully saturated rings. The van der Waals surface area contributed by atoms with Crippen molar-refractivity contribution in [1.29, 1.82) is 0 Å². The molecule has 4 heteroatoms. The van der Waals surface area contributed by atoms with Gasteiger partial charge in [0.15, 0.2) is 0 Å². The minimum atomic E-state index is -0.167. The van der Waals surface area contributed by atoms with Crippen molar-refractivity contribution in [2.45, 2.75) is 134 Å². The predicted octanol–water partition coefficient (Wildman–Crippen LogP) is 8.18. The molecular formula is C36H54O4. The Morgan fingerprint density at radius 3 is 1.32 bits per heavy atom. The van der Waals surface area contributed by atoms with E-state index in [1.807, 2.05) is 0 Å². The Hall–Kier alpha value is -2.04. The van der Waals surface area contributed by atoms with Gasteiger partial charge in [-0.15, -0.1) is 0 Å². The Morgan fingerprint density at radius 1 is 0.625 bits per heavy atom. The number of aliphatic hydroxyl groups is 2. The number of aryl methyl sites for hydroxylation is 2. The van der Waals surface area contributed by atoms with Crippen LogP contribution in [-0.2, 0) is 23.7 Å². The summed E-state index contributed by atoms with van der Waals surface area (Å²) in [6.45, 7) is 9.28. The molecule has 0 aliphatic heterocycles. The third-order valence-electron chi connectivity index (χ3n) is 10.2. The van der Waals surface area contributed by atoms with Crippen LogP contribution in [-0.4, -0.2) is 33.6 Å². The summed E-state index contributed by atoms with van der Waals surface area (Å²) >= 11 is 0. The summed E-state index contributed by atoms with van der Waals surface area (Å²) in [6, 6.07) is 8.69. The molecular weight excluding hydrogens is 496 g/mol. The van der Waals surface area contributed by atoms with E-state index in [2.05, 4.69) is 52.0 Å². The van der Waals surface area contributed by atoms with Crippen LogP contribution in [0.4, 0.5) is 0 Å². The van der Waals surface area contributed by atoms with E-state index in [1.165, 1.54) is 38.5 Å². The van der Waals surface area contributed by atoms with E-state index >= 15 is 0 Å². The summed E-state index contributed by atoms with van der Waals surface area (Å²) in [4.78, 5) is 0. The Labute approximate surface area is 242 Å². The number of aliphatic hydroxyl groups excluding tert-OH is 2. The molecule has 0 unspecified atom stereocenters. The predicted molar refractivity (Wildman–Crippen MR) is 165 cm³/mol. The van der Waals surface area contributed by atoms with Crippen molar-refractivity contribution in [3.05, 3.63) is 57.6 Å². The summed E-state index contributed by atoms with van der Waals surface area (Å²) in [7, 11) is 0. The molecule has 2 aliphatic carbocycles. The van der Waals surface area contributed by atoms with Gasteiger partial charge in [-0.2, -0.15) is 0 Å². The van der Waals surface area contributed by atoms with Crippen LogP contribution in [0.2, 0.25) is 0 Å². The molecule has 0 amide bonds. The minimum Gasteiger partial charge on any atom is -0.507 e. The third kappa shape index (κ3) is 6.54. The molecule has 2 aromatic carbocycles. The molecule has 0 saturated heterocycles. The first-order valence-electron chi connectivity index (χ1n) is 16.1. The fourth-order valence-electron chi connectivity index (χ4n) is 7.78. The molecule has 0 heterocycles. The summed E-state index contributed by atoms with van der Waals surface area (Å²) in [5, 5.41) is 43.3. The number of phenols is 2. The van der Waals surface area contributed by atoms with Crippen LogP contribution >= 0.6 is 0 Å². The number of hydrogen-bond acceptors (Lipinski definition) is 4. The molecule has 2 aliphatic rings. The third-order valence-corrected chi connectivity index (χ3v) is 10.2. The highest BCUT2D eigenvalue weighted by atomic mass is 16.3. The average Bonchev–Trinajstić information content (AvgIpc) is 2.93. The molecule has 2 aromatic rings. The zero-order valence-corrected chi connectivity index (χ0v) is 25.6. The number of phenolic OH excluding ortho intramolecular Hbond substituents is 2. The zero-order valence-electron chi connectivity index (χ0n) is 25.6. The Kier molecular flexibility index (Phi) is 10.3. The SMILES string of the molecule is CC(C)C(c1cc(CCCO)cc(C2(C)CCCCC2)c1O)c1cc(CCCO)cc(C2(C)CCCCC2)c1O. The van der Waals surface area contributed by atoms with Crippen LogP contribution in [0.25, 0.3) is 0 Å². The van der Waals surface area contributed by atoms with Crippen molar-refractivity contribution in [3.63, 3.8) is 0 Å². The average molecular weight is 551 g/mol. The second-order valence-corrected chi connectivity index (χ2v) is 13.8. The molecule has 0 radical (unpaired) electrons. The van der Waals surface area contributed by atoms with Crippen molar-refractivity contribution in [2.24, 2.45) is 5.92 Å². The van der Waals surface area contributed by atoms with E-state index in [-0.39, 0.29) is 35.9 Å². The Bertz CT molecular complexity index is 1040. The lowest BCUT2D eigenvalue weighted by Crippen LogP contribution is -2.27. The molecule has 222 valence electrons. The van der Waals surface area contributed by atoms with Gasteiger partial charge in [-0.1, -0.05) is 90.5 Å². The van der Waals surface area contributed by atoms with Crippen LogP contribution in [0.5, 0.6) is 11.5 Å². The fourth-order valence-corrected chi connectivity index (χ4v) is 7.78. The van der Waals surface area contributed by atoms with E-state index in [0.717, 1.165) is 71.9 Å². The van der Waals surface area contributed by atoms with Gasteiger partial charge in [0.05, 0.1) is 0 Å². The Balaban J connectivity index is 1.92. The van der Waals surface area contributed by atoms with Gasteiger partial charge in [0.2, 0.25) is 0 Å². The first kappa shape index (κ1) is 30.9. The summed E-state index contributed by atoms with van der Waals surface area (Å²) in [5.74, 6) is 0.764. The summed E-state index contributed by atoms with van der Waals surface area (Å²) < 4.78 is 0. The highest BCUT2D eigenvalue weighted by Crippen LogP contribution is 2.51. The zero-order chi connectivity index (χ0) is 28.9. The Morgan fingerprint density at radius 2 is 1.00 bits per heavy atom. The highest BCUT2D eigenvalue weighted by molar-refractivity contribution is 5.57. The van der Waals surface area contributed by atoms with Gasteiger partial charge < -0.3 is 20.4 Å². The van der Waals surface area contributed by atoms with Crippen molar-refractivity contribution in [2.75, 3.05) is 13.2 Å².